The molecule has 2 aromatic carbocycles. The average molecular weight is 260 g/mol. The molecule has 100 valence electrons. The van der Waals surface area contributed by atoms with Gasteiger partial charge < -0.3 is 0 Å². The maximum Gasteiger partial charge on any atom is -0.0257 e. The normalized spacial score (nSPS) is 8.80. The Labute approximate surface area is 122 Å². The van der Waals surface area contributed by atoms with Crippen LogP contribution in [0.3, 0.4) is 0 Å². The Bertz CT molecular complexity index is 535. The van der Waals surface area contributed by atoms with Gasteiger partial charge in [0.2, 0.25) is 0 Å². The molecule has 0 heterocycles. The summed E-state index contributed by atoms with van der Waals surface area (Å²) in [5.74, 6) is 0. The van der Waals surface area contributed by atoms with E-state index >= 15 is 0 Å². The highest BCUT2D eigenvalue weighted by molar-refractivity contribution is 5.55. The minimum Gasteiger partial charge on any atom is -0.0985 e. The highest BCUT2D eigenvalue weighted by Gasteiger charge is 1.85. The van der Waals surface area contributed by atoms with Crippen LogP contribution in [-0.4, -0.2) is 0 Å². The van der Waals surface area contributed by atoms with E-state index in [1.54, 1.807) is 0 Å². The highest BCUT2D eigenvalue weighted by atomic mass is 13.9. The molecule has 0 aliphatic heterocycles. The second-order valence-corrected chi connectivity index (χ2v) is 4.15. The molecule has 0 N–H and O–H groups in total. The molecule has 0 nitrogen and oxygen atoms in total. The zero-order valence-corrected chi connectivity index (χ0v) is 11.8. The van der Waals surface area contributed by atoms with E-state index in [1.165, 1.54) is 0 Å². The third-order valence-corrected chi connectivity index (χ3v) is 2.79. The third kappa shape index (κ3) is 4.95. The molecule has 0 aromatic heterocycles. The molecule has 0 heteroatoms. The van der Waals surface area contributed by atoms with Gasteiger partial charge in [-0.15, -0.1) is 0 Å². The van der Waals surface area contributed by atoms with Crippen LogP contribution in [0, 0.1) is 0 Å². The van der Waals surface area contributed by atoms with Gasteiger partial charge in [0.1, 0.15) is 0 Å². The topological polar surface area (TPSA) is 0 Å². The van der Waals surface area contributed by atoms with E-state index in [0.29, 0.717) is 0 Å². The largest absolute Gasteiger partial charge is 0.0985 e. The number of rotatable bonds is 4. The lowest BCUT2D eigenvalue weighted by Gasteiger charge is -1.93. The standard InChI is InChI=1S/2C10H10/c1-3-9-5-7-10(4-2)8-6-9;1-3-9-6-5-7-10(4-2)8-9/h2*3-8H,1-2H2. The van der Waals surface area contributed by atoms with Crippen LogP contribution in [0.15, 0.2) is 74.8 Å². The second-order valence-electron chi connectivity index (χ2n) is 4.15. The molecule has 2 rings (SSSR count). The lowest BCUT2D eigenvalue weighted by molar-refractivity contribution is 1.63. The van der Waals surface area contributed by atoms with Crippen LogP contribution < -0.4 is 0 Å². The molecule has 0 amide bonds. The fraction of sp³-hybridized carbons (Fsp3) is 0. The summed E-state index contributed by atoms with van der Waals surface area (Å²) in [5, 5.41) is 0. The summed E-state index contributed by atoms with van der Waals surface area (Å²) in [6, 6.07) is 16.1. The Morgan fingerprint density at radius 3 is 1.15 bits per heavy atom. The quantitative estimate of drug-likeness (QED) is 0.637. The van der Waals surface area contributed by atoms with E-state index in [4.69, 9.17) is 0 Å². The molecule has 0 saturated heterocycles. The van der Waals surface area contributed by atoms with Gasteiger partial charge in [0.15, 0.2) is 0 Å². The lowest BCUT2D eigenvalue weighted by atomic mass is 10.1. The van der Waals surface area contributed by atoms with Gasteiger partial charge in [0, 0.05) is 0 Å². The summed E-state index contributed by atoms with van der Waals surface area (Å²) >= 11 is 0. The van der Waals surface area contributed by atoms with E-state index in [9.17, 15) is 0 Å². The molecule has 2 aromatic rings. The van der Waals surface area contributed by atoms with Crippen molar-refractivity contribution in [3.63, 3.8) is 0 Å². The smallest absolute Gasteiger partial charge is 0.0257 e. The molecule has 0 saturated carbocycles. The van der Waals surface area contributed by atoms with Crippen molar-refractivity contribution < 1.29 is 0 Å². The van der Waals surface area contributed by atoms with Crippen molar-refractivity contribution in [1.29, 1.82) is 0 Å². The van der Waals surface area contributed by atoms with Crippen molar-refractivity contribution >= 4 is 24.3 Å². The first-order valence-corrected chi connectivity index (χ1v) is 6.43. The molecule has 0 atom stereocenters. The fourth-order valence-electron chi connectivity index (χ4n) is 1.58. The summed E-state index contributed by atoms with van der Waals surface area (Å²) in [6.07, 6.45) is 7.31. The predicted molar refractivity (Wildman–Crippen MR) is 93.2 cm³/mol. The zero-order valence-electron chi connectivity index (χ0n) is 11.8. The Morgan fingerprint density at radius 2 is 0.850 bits per heavy atom. The second kappa shape index (κ2) is 8.49. The van der Waals surface area contributed by atoms with E-state index < -0.39 is 0 Å². The maximum atomic E-state index is 3.67. The van der Waals surface area contributed by atoms with Gasteiger partial charge in [-0.25, -0.2) is 0 Å². The van der Waals surface area contributed by atoms with Crippen molar-refractivity contribution in [2.24, 2.45) is 0 Å². The number of hydrogen-bond acceptors (Lipinski definition) is 0. The summed E-state index contributed by atoms with van der Waals surface area (Å²) in [5.41, 5.74) is 4.56. The Balaban J connectivity index is 0.000000200. The molecule has 0 bridgehead atoms. The van der Waals surface area contributed by atoms with Gasteiger partial charge in [0.05, 0.1) is 0 Å². The molecule has 0 fully saturated rings. The molecule has 0 radical (unpaired) electrons. The Morgan fingerprint density at radius 1 is 0.500 bits per heavy atom. The summed E-state index contributed by atoms with van der Waals surface area (Å²) in [4.78, 5) is 0. The van der Waals surface area contributed by atoms with Crippen LogP contribution in [-0.2, 0) is 0 Å². The van der Waals surface area contributed by atoms with Crippen LogP contribution in [0.25, 0.3) is 24.3 Å². The summed E-state index contributed by atoms with van der Waals surface area (Å²) < 4.78 is 0. The van der Waals surface area contributed by atoms with Gasteiger partial charge in [-0.3, -0.25) is 0 Å². The Hall–Kier alpha value is -2.60. The lowest BCUT2D eigenvalue weighted by Crippen LogP contribution is -1.72. The van der Waals surface area contributed by atoms with E-state index in [-0.39, 0.29) is 0 Å². The van der Waals surface area contributed by atoms with Gasteiger partial charge in [-0.05, 0) is 28.3 Å². The minimum atomic E-state index is 1.14. The Kier molecular flexibility index (Phi) is 6.56. The molecule has 0 aliphatic carbocycles. The zero-order chi connectivity index (χ0) is 14.8. The first kappa shape index (κ1) is 15.5. The first-order valence-electron chi connectivity index (χ1n) is 6.43. The monoisotopic (exact) mass is 260 g/mol. The maximum absolute atomic E-state index is 3.67. The SMILES string of the molecule is C=Cc1ccc(C=C)cc1.C=Cc1cccc(C=C)c1. The fourth-order valence-corrected chi connectivity index (χ4v) is 1.58. The summed E-state index contributed by atoms with van der Waals surface area (Å²) in [7, 11) is 0. The van der Waals surface area contributed by atoms with Crippen molar-refractivity contribution in [3.05, 3.63) is 97.1 Å². The van der Waals surface area contributed by atoms with Crippen molar-refractivity contribution in [2.75, 3.05) is 0 Å². The molecule has 0 aliphatic rings. The molecule has 0 spiro atoms. The minimum absolute atomic E-state index is 1.14. The van der Waals surface area contributed by atoms with Crippen molar-refractivity contribution in [1.82, 2.24) is 0 Å². The van der Waals surface area contributed by atoms with Gasteiger partial charge in [0.25, 0.3) is 0 Å². The van der Waals surface area contributed by atoms with Gasteiger partial charge in [-0.1, -0.05) is 93.1 Å². The highest BCUT2D eigenvalue weighted by Crippen LogP contribution is 2.06. The first-order chi connectivity index (χ1) is 9.73. The van der Waals surface area contributed by atoms with Crippen molar-refractivity contribution in [3.8, 4) is 0 Å². The third-order valence-electron chi connectivity index (χ3n) is 2.79. The molecular weight excluding hydrogens is 240 g/mol. The van der Waals surface area contributed by atoms with Gasteiger partial charge in [-0.2, -0.15) is 0 Å². The average Bonchev–Trinajstić information content (AvgIpc) is 2.55. The van der Waals surface area contributed by atoms with Gasteiger partial charge >= 0.3 is 0 Å². The van der Waals surface area contributed by atoms with Crippen molar-refractivity contribution in [2.45, 2.75) is 0 Å². The predicted octanol–water partition coefficient (Wildman–Crippen LogP) is 5.95. The van der Waals surface area contributed by atoms with Crippen LogP contribution in [0.5, 0.6) is 0 Å². The summed E-state index contributed by atoms with van der Waals surface area (Å²) in [6.45, 7) is 14.7. The number of hydrogen-bond donors (Lipinski definition) is 0. The van der Waals surface area contributed by atoms with Crippen LogP contribution in [0.4, 0.5) is 0 Å². The number of benzene rings is 2. The van der Waals surface area contributed by atoms with E-state index in [1.807, 2.05) is 72.8 Å². The van der Waals surface area contributed by atoms with Crippen LogP contribution in [0.1, 0.15) is 22.3 Å². The van der Waals surface area contributed by atoms with Crippen LogP contribution >= 0.6 is 0 Å². The van der Waals surface area contributed by atoms with E-state index in [2.05, 4.69) is 26.3 Å². The van der Waals surface area contributed by atoms with E-state index in [0.717, 1.165) is 22.3 Å². The van der Waals surface area contributed by atoms with Crippen LogP contribution in [0.2, 0.25) is 0 Å². The molecule has 0 unspecified atom stereocenters. The molecular formula is C20H20. The molecule has 20 heavy (non-hydrogen) atoms.